The minimum absolute atomic E-state index is 0.418. The molecule has 3 amide bonds. The molecule has 1 fully saturated rings. The Balaban J connectivity index is 2.86. The summed E-state index contributed by atoms with van der Waals surface area (Å²) in [7, 11) is 0. The van der Waals surface area contributed by atoms with E-state index < -0.39 is 30.4 Å². The van der Waals surface area contributed by atoms with Crippen LogP contribution in [0.4, 0.5) is 9.18 Å². The molecule has 6 heteroatoms. The third kappa shape index (κ3) is 1.62. The number of amides is 3. The summed E-state index contributed by atoms with van der Waals surface area (Å²) in [5.74, 6) is -0.994. The smallest absolute Gasteiger partial charge is 0.326 e. The molecule has 1 heterocycles. The fraction of sp³-hybridized carbons (Fsp3) is 0.714. The van der Waals surface area contributed by atoms with Crippen molar-refractivity contribution in [2.75, 3.05) is 0 Å². The molecule has 0 bridgehead atoms. The second-order valence-electron chi connectivity index (χ2n) is 3.10. The maximum atomic E-state index is 12.9. The van der Waals surface area contributed by atoms with Crippen LogP contribution in [0.1, 0.15) is 13.8 Å². The molecule has 1 aliphatic rings. The molecule has 2 atom stereocenters. The molecule has 2 unspecified atom stereocenters. The summed E-state index contributed by atoms with van der Waals surface area (Å²) >= 11 is 0. The quantitative estimate of drug-likeness (QED) is 0.591. The highest BCUT2D eigenvalue weighted by molar-refractivity contribution is 5.99. The minimum atomic E-state index is -2.07. The van der Waals surface area contributed by atoms with Gasteiger partial charge < -0.3 is 10.4 Å². The van der Waals surface area contributed by atoms with Crippen LogP contribution < -0.4 is 5.32 Å². The third-order valence-corrected chi connectivity index (χ3v) is 1.76. The van der Waals surface area contributed by atoms with E-state index in [-0.39, 0.29) is 0 Å². The van der Waals surface area contributed by atoms with Crippen molar-refractivity contribution in [2.24, 2.45) is 0 Å². The van der Waals surface area contributed by atoms with E-state index in [1.165, 1.54) is 0 Å². The number of hydrogen-bond acceptors (Lipinski definition) is 3. The maximum absolute atomic E-state index is 12.9. The maximum Gasteiger partial charge on any atom is 0.326 e. The average molecular weight is 190 g/mol. The normalized spacial score (nSPS) is 29.5. The molecule has 0 spiro atoms. The molecular weight excluding hydrogens is 179 g/mol. The number of halogens is 1. The number of urea groups is 1. The molecule has 0 saturated carbocycles. The Bertz CT molecular complexity index is 244. The minimum Gasteiger partial charge on any atom is -0.370 e. The number of carbonyl (C=O) groups is 2. The number of nitrogens with zero attached hydrogens (tertiary/aromatic N) is 1. The first-order valence-electron chi connectivity index (χ1n) is 3.91. The van der Waals surface area contributed by atoms with Gasteiger partial charge in [-0.2, -0.15) is 0 Å². The highest BCUT2D eigenvalue weighted by Crippen LogP contribution is 2.12. The van der Waals surface area contributed by atoms with Crippen LogP contribution >= 0.6 is 0 Å². The Labute approximate surface area is 74.5 Å². The van der Waals surface area contributed by atoms with Crippen LogP contribution in [0.15, 0.2) is 0 Å². The lowest BCUT2D eigenvalue weighted by molar-refractivity contribution is -0.143. The van der Waals surface area contributed by atoms with E-state index in [0.717, 1.165) is 4.90 Å². The molecule has 5 nitrogen and oxygen atoms in total. The topological polar surface area (TPSA) is 69.6 Å². The van der Waals surface area contributed by atoms with Gasteiger partial charge in [0.1, 0.15) is 0 Å². The van der Waals surface area contributed by atoms with E-state index in [2.05, 4.69) is 0 Å². The van der Waals surface area contributed by atoms with Crippen LogP contribution in [-0.4, -0.2) is 40.4 Å². The Morgan fingerprint density at radius 1 is 1.54 bits per heavy atom. The van der Waals surface area contributed by atoms with E-state index in [0.29, 0.717) is 0 Å². The fourth-order valence-corrected chi connectivity index (χ4v) is 1.13. The monoisotopic (exact) mass is 190 g/mol. The van der Waals surface area contributed by atoms with Crippen molar-refractivity contribution in [3.8, 4) is 0 Å². The molecule has 0 radical (unpaired) electrons. The van der Waals surface area contributed by atoms with Gasteiger partial charge in [0.05, 0.1) is 0 Å². The zero-order valence-corrected chi connectivity index (χ0v) is 7.32. The lowest BCUT2D eigenvalue weighted by atomic mass is 10.2. The van der Waals surface area contributed by atoms with Gasteiger partial charge in [0.25, 0.3) is 5.91 Å². The van der Waals surface area contributed by atoms with Crippen LogP contribution in [0.3, 0.4) is 0 Å². The Hall–Kier alpha value is -1.17. The lowest BCUT2D eigenvalue weighted by Crippen LogP contribution is -2.62. The summed E-state index contributed by atoms with van der Waals surface area (Å²) in [4.78, 5) is 22.9. The van der Waals surface area contributed by atoms with E-state index in [1.54, 1.807) is 13.8 Å². The lowest BCUT2D eigenvalue weighted by Gasteiger charge is -2.33. The molecular formula is C7H11FN2O3. The highest BCUT2D eigenvalue weighted by atomic mass is 19.1. The zero-order chi connectivity index (χ0) is 10.2. The van der Waals surface area contributed by atoms with Gasteiger partial charge in [0.2, 0.25) is 6.17 Å². The predicted octanol–water partition coefficient (Wildman–Crippen LogP) is -0.397. The first-order chi connectivity index (χ1) is 5.95. The van der Waals surface area contributed by atoms with Gasteiger partial charge in [-0.3, -0.25) is 9.69 Å². The second-order valence-corrected chi connectivity index (χ2v) is 3.10. The Morgan fingerprint density at radius 3 is 2.54 bits per heavy atom. The molecule has 2 N–H and O–H groups in total. The van der Waals surface area contributed by atoms with Crippen molar-refractivity contribution < 1.29 is 19.1 Å². The Morgan fingerprint density at radius 2 is 2.08 bits per heavy atom. The van der Waals surface area contributed by atoms with Gasteiger partial charge in [-0.05, 0) is 13.8 Å². The van der Waals surface area contributed by atoms with Crippen LogP contribution in [-0.2, 0) is 4.79 Å². The highest BCUT2D eigenvalue weighted by Gasteiger charge is 2.41. The standard InChI is InChI=1S/C7H11FN2O3/c1-3(2)10-6(12)4(8)5(11)9-7(10)13/h3-5,11H,1-2H3,(H,9,13). The van der Waals surface area contributed by atoms with Crippen molar-refractivity contribution >= 4 is 11.9 Å². The summed E-state index contributed by atoms with van der Waals surface area (Å²) in [6.07, 6.45) is -3.80. The van der Waals surface area contributed by atoms with Crippen LogP contribution in [0.2, 0.25) is 0 Å². The predicted molar refractivity (Wildman–Crippen MR) is 41.4 cm³/mol. The van der Waals surface area contributed by atoms with Crippen LogP contribution in [0, 0.1) is 0 Å². The molecule has 1 rings (SSSR count). The van der Waals surface area contributed by atoms with Gasteiger partial charge in [-0.25, -0.2) is 9.18 Å². The summed E-state index contributed by atoms with van der Waals surface area (Å²) in [6.45, 7) is 3.17. The summed E-state index contributed by atoms with van der Waals surface area (Å²) in [5.41, 5.74) is 0. The van der Waals surface area contributed by atoms with Crippen LogP contribution in [0.5, 0.6) is 0 Å². The second kappa shape index (κ2) is 3.29. The fourth-order valence-electron chi connectivity index (χ4n) is 1.13. The van der Waals surface area contributed by atoms with Gasteiger partial charge in [0, 0.05) is 6.04 Å². The molecule has 13 heavy (non-hydrogen) atoms. The Kier molecular flexibility index (Phi) is 2.51. The van der Waals surface area contributed by atoms with Crippen molar-refractivity contribution in [3.05, 3.63) is 0 Å². The number of imide groups is 1. The number of nitrogens with one attached hydrogen (secondary N) is 1. The summed E-state index contributed by atoms with van der Waals surface area (Å²) in [5, 5.41) is 10.8. The molecule has 74 valence electrons. The summed E-state index contributed by atoms with van der Waals surface area (Å²) in [6, 6.07) is -1.18. The molecule has 1 aliphatic heterocycles. The van der Waals surface area contributed by atoms with Crippen molar-refractivity contribution in [3.63, 3.8) is 0 Å². The SMILES string of the molecule is CC(C)N1C(=O)NC(O)C(F)C1=O. The van der Waals surface area contributed by atoms with Crippen molar-refractivity contribution in [1.82, 2.24) is 10.2 Å². The number of hydrogen-bond donors (Lipinski definition) is 2. The van der Waals surface area contributed by atoms with Crippen LogP contribution in [0.25, 0.3) is 0 Å². The van der Waals surface area contributed by atoms with Crippen molar-refractivity contribution in [2.45, 2.75) is 32.3 Å². The molecule has 1 saturated heterocycles. The molecule has 0 aliphatic carbocycles. The van der Waals surface area contributed by atoms with Gasteiger partial charge in [0.15, 0.2) is 6.23 Å². The number of aliphatic hydroxyl groups is 1. The van der Waals surface area contributed by atoms with E-state index in [1.807, 2.05) is 5.32 Å². The van der Waals surface area contributed by atoms with E-state index >= 15 is 0 Å². The third-order valence-electron chi connectivity index (χ3n) is 1.76. The molecule has 0 aromatic carbocycles. The average Bonchev–Trinajstić information content (AvgIpc) is 1.99. The first-order valence-corrected chi connectivity index (χ1v) is 3.91. The molecule has 0 aromatic rings. The number of rotatable bonds is 1. The molecule has 0 aromatic heterocycles. The number of alkyl halides is 1. The largest absolute Gasteiger partial charge is 0.370 e. The van der Waals surface area contributed by atoms with Gasteiger partial charge >= 0.3 is 6.03 Å². The van der Waals surface area contributed by atoms with Gasteiger partial charge in [-0.15, -0.1) is 0 Å². The summed E-state index contributed by atoms with van der Waals surface area (Å²) < 4.78 is 12.9. The first kappa shape index (κ1) is 9.91. The van der Waals surface area contributed by atoms with Crippen molar-refractivity contribution in [1.29, 1.82) is 0 Å². The zero-order valence-electron chi connectivity index (χ0n) is 7.32. The van der Waals surface area contributed by atoms with E-state index in [4.69, 9.17) is 5.11 Å². The van der Waals surface area contributed by atoms with E-state index in [9.17, 15) is 14.0 Å². The number of aliphatic hydroxyl groups excluding tert-OH is 1. The van der Waals surface area contributed by atoms with Gasteiger partial charge in [-0.1, -0.05) is 0 Å². The number of carbonyl (C=O) groups excluding carboxylic acids is 2.